The lowest BCUT2D eigenvalue weighted by atomic mass is 9.88. The number of aryl methyl sites for hydroxylation is 1. The van der Waals surface area contributed by atoms with Crippen LogP contribution in [-0.4, -0.2) is 28.6 Å². The summed E-state index contributed by atoms with van der Waals surface area (Å²) in [5.41, 5.74) is 1.71. The number of rotatable bonds is 3. The molecule has 15 heavy (non-hydrogen) atoms. The van der Waals surface area contributed by atoms with Crippen LogP contribution in [-0.2, 0) is 17.2 Å². The first-order chi connectivity index (χ1) is 6.86. The van der Waals surface area contributed by atoms with Crippen LogP contribution in [0.25, 0.3) is 0 Å². The zero-order valence-electron chi connectivity index (χ0n) is 10.1. The maximum atomic E-state index is 9.90. The first-order valence-electron chi connectivity index (χ1n) is 5.07. The molecule has 0 aromatic carbocycles. The molecule has 0 aliphatic rings. The SMILES string of the molecule is COCC(O)c1cn(C)nc1C(C)(C)C. The summed E-state index contributed by atoms with van der Waals surface area (Å²) >= 11 is 0. The van der Waals surface area contributed by atoms with Crippen LogP contribution in [0.1, 0.15) is 38.1 Å². The van der Waals surface area contributed by atoms with Crippen molar-refractivity contribution in [1.82, 2.24) is 9.78 Å². The monoisotopic (exact) mass is 212 g/mol. The highest BCUT2D eigenvalue weighted by Gasteiger charge is 2.25. The second-order valence-electron chi connectivity index (χ2n) is 4.83. The van der Waals surface area contributed by atoms with Crippen LogP contribution >= 0.6 is 0 Å². The molecule has 0 fully saturated rings. The van der Waals surface area contributed by atoms with Crippen molar-refractivity contribution in [3.05, 3.63) is 17.5 Å². The van der Waals surface area contributed by atoms with Gasteiger partial charge in [-0.1, -0.05) is 20.8 Å². The Hall–Kier alpha value is -0.870. The molecule has 0 aliphatic carbocycles. The molecule has 0 radical (unpaired) electrons. The van der Waals surface area contributed by atoms with E-state index in [1.807, 2.05) is 13.2 Å². The minimum absolute atomic E-state index is 0.0642. The average molecular weight is 212 g/mol. The number of nitrogens with zero attached hydrogens (tertiary/aromatic N) is 2. The zero-order chi connectivity index (χ0) is 11.6. The highest BCUT2D eigenvalue weighted by atomic mass is 16.5. The van der Waals surface area contributed by atoms with Crippen LogP contribution in [0.4, 0.5) is 0 Å². The molecule has 1 unspecified atom stereocenters. The Balaban J connectivity index is 3.06. The van der Waals surface area contributed by atoms with Gasteiger partial charge in [0.1, 0.15) is 6.10 Å². The standard InChI is InChI=1S/C11H20N2O2/c1-11(2,3)10-8(6-13(4)12-10)9(14)7-15-5/h6,9,14H,7H2,1-5H3. The Labute approximate surface area is 90.9 Å². The van der Waals surface area contributed by atoms with Gasteiger partial charge in [0.15, 0.2) is 0 Å². The smallest absolute Gasteiger partial charge is 0.106 e. The van der Waals surface area contributed by atoms with E-state index in [0.29, 0.717) is 6.61 Å². The van der Waals surface area contributed by atoms with Gasteiger partial charge in [-0.2, -0.15) is 5.10 Å². The predicted octanol–water partition coefficient (Wildman–Crippen LogP) is 1.40. The van der Waals surface area contributed by atoms with Gasteiger partial charge in [-0.05, 0) is 0 Å². The van der Waals surface area contributed by atoms with Crippen molar-refractivity contribution in [1.29, 1.82) is 0 Å². The van der Waals surface area contributed by atoms with Crippen LogP contribution in [0.5, 0.6) is 0 Å². The molecule has 4 nitrogen and oxygen atoms in total. The van der Waals surface area contributed by atoms with Crippen molar-refractivity contribution in [3.63, 3.8) is 0 Å². The van der Waals surface area contributed by atoms with E-state index in [1.165, 1.54) is 0 Å². The van der Waals surface area contributed by atoms with Crippen LogP contribution in [0, 0.1) is 0 Å². The fraction of sp³-hybridized carbons (Fsp3) is 0.727. The predicted molar refractivity (Wildman–Crippen MR) is 58.7 cm³/mol. The minimum Gasteiger partial charge on any atom is -0.386 e. The van der Waals surface area contributed by atoms with E-state index >= 15 is 0 Å². The molecule has 4 heteroatoms. The molecule has 0 saturated carbocycles. The molecule has 0 bridgehead atoms. The van der Waals surface area contributed by atoms with Crippen molar-refractivity contribution < 1.29 is 9.84 Å². The van der Waals surface area contributed by atoms with E-state index in [2.05, 4.69) is 25.9 Å². The lowest BCUT2D eigenvalue weighted by molar-refractivity contribution is 0.0632. The molecular weight excluding hydrogens is 192 g/mol. The quantitative estimate of drug-likeness (QED) is 0.823. The van der Waals surface area contributed by atoms with Crippen molar-refractivity contribution >= 4 is 0 Å². The second kappa shape index (κ2) is 4.33. The Morgan fingerprint density at radius 3 is 2.60 bits per heavy atom. The second-order valence-corrected chi connectivity index (χ2v) is 4.83. The fourth-order valence-corrected chi connectivity index (χ4v) is 1.58. The Morgan fingerprint density at radius 2 is 2.13 bits per heavy atom. The summed E-state index contributed by atoms with van der Waals surface area (Å²) in [5.74, 6) is 0. The van der Waals surface area contributed by atoms with Crippen molar-refractivity contribution in [2.24, 2.45) is 7.05 Å². The molecule has 0 spiro atoms. The van der Waals surface area contributed by atoms with Gasteiger partial charge in [0, 0.05) is 31.3 Å². The largest absolute Gasteiger partial charge is 0.386 e. The lowest BCUT2D eigenvalue weighted by Gasteiger charge is -2.19. The number of ether oxygens (including phenoxy) is 1. The van der Waals surface area contributed by atoms with E-state index in [9.17, 15) is 5.11 Å². The zero-order valence-corrected chi connectivity index (χ0v) is 10.1. The van der Waals surface area contributed by atoms with E-state index in [1.54, 1.807) is 11.8 Å². The van der Waals surface area contributed by atoms with E-state index in [0.717, 1.165) is 11.3 Å². The van der Waals surface area contributed by atoms with Gasteiger partial charge in [-0.3, -0.25) is 4.68 Å². The third-order valence-electron chi connectivity index (χ3n) is 2.25. The molecule has 0 amide bonds. The van der Waals surface area contributed by atoms with Crippen LogP contribution in [0.15, 0.2) is 6.20 Å². The molecule has 0 aliphatic heterocycles. The molecule has 1 N–H and O–H groups in total. The van der Waals surface area contributed by atoms with Crippen LogP contribution in [0.3, 0.4) is 0 Å². The third kappa shape index (κ3) is 2.79. The molecule has 1 aromatic heterocycles. The fourth-order valence-electron chi connectivity index (χ4n) is 1.58. The van der Waals surface area contributed by atoms with Gasteiger partial charge >= 0.3 is 0 Å². The number of hydrogen-bond acceptors (Lipinski definition) is 3. The van der Waals surface area contributed by atoms with Gasteiger partial charge < -0.3 is 9.84 Å². The molecule has 0 saturated heterocycles. The van der Waals surface area contributed by atoms with Gasteiger partial charge in [-0.15, -0.1) is 0 Å². The van der Waals surface area contributed by atoms with Gasteiger partial charge in [0.05, 0.1) is 12.3 Å². The lowest BCUT2D eigenvalue weighted by Crippen LogP contribution is -2.17. The molecular formula is C11H20N2O2. The highest BCUT2D eigenvalue weighted by Crippen LogP contribution is 2.28. The number of aliphatic hydroxyl groups is 1. The summed E-state index contributed by atoms with van der Waals surface area (Å²) in [6.07, 6.45) is 1.25. The summed E-state index contributed by atoms with van der Waals surface area (Å²) < 4.78 is 6.68. The first-order valence-corrected chi connectivity index (χ1v) is 5.07. The molecule has 1 atom stereocenters. The Morgan fingerprint density at radius 1 is 1.53 bits per heavy atom. The van der Waals surface area contributed by atoms with E-state index in [4.69, 9.17) is 4.74 Å². The third-order valence-corrected chi connectivity index (χ3v) is 2.25. The average Bonchev–Trinajstić information content (AvgIpc) is 2.47. The van der Waals surface area contributed by atoms with Crippen LogP contribution in [0.2, 0.25) is 0 Å². The number of hydrogen-bond donors (Lipinski definition) is 1. The normalized spacial score (nSPS) is 14.3. The number of methoxy groups -OCH3 is 1. The number of aliphatic hydroxyl groups excluding tert-OH is 1. The maximum absolute atomic E-state index is 9.90. The van der Waals surface area contributed by atoms with E-state index < -0.39 is 6.10 Å². The summed E-state index contributed by atoms with van der Waals surface area (Å²) in [7, 11) is 3.44. The Bertz CT molecular complexity index is 326. The first kappa shape index (κ1) is 12.2. The van der Waals surface area contributed by atoms with E-state index in [-0.39, 0.29) is 5.41 Å². The topological polar surface area (TPSA) is 47.3 Å². The summed E-state index contributed by atoms with van der Waals surface area (Å²) in [4.78, 5) is 0. The molecule has 1 aromatic rings. The van der Waals surface area contributed by atoms with Crippen LogP contribution < -0.4 is 0 Å². The van der Waals surface area contributed by atoms with Gasteiger partial charge in [0.2, 0.25) is 0 Å². The van der Waals surface area contributed by atoms with Crippen molar-refractivity contribution in [2.45, 2.75) is 32.3 Å². The van der Waals surface area contributed by atoms with Crippen molar-refractivity contribution in [2.75, 3.05) is 13.7 Å². The molecule has 86 valence electrons. The summed E-state index contributed by atoms with van der Waals surface area (Å²) in [6.45, 7) is 6.55. The highest BCUT2D eigenvalue weighted by molar-refractivity contribution is 5.26. The summed E-state index contributed by atoms with van der Waals surface area (Å²) in [6, 6.07) is 0. The molecule has 1 rings (SSSR count). The maximum Gasteiger partial charge on any atom is 0.106 e. The Kier molecular flexibility index (Phi) is 3.52. The van der Waals surface area contributed by atoms with Crippen molar-refractivity contribution in [3.8, 4) is 0 Å². The van der Waals surface area contributed by atoms with Gasteiger partial charge in [0.25, 0.3) is 0 Å². The minimum atomic E-state index is -0.599. The summed E-state index contributed by atoms with van der Waals surface area (Å²) in [5, 5.41) is 14.3. The van der Waals surface area contributed by atoms with Gasteiger partial charge in [-0.25, -0.2) is 0 Å². The molecule has 1 heterocycles. The number of aromatic nitrogens is 2.